The van der Waals surface area contributed by atoms with Gasteiger partial charge >= 0.3 is 0 Å². The fraction of sp³-hybridized carbons (Fsp3) is 0.0870. The van der Waals surface area contributed by atoms with Gasteiger partial charge in [-0.3, -0.25) is 4.31 Å². The van der Waals surface area contributed by atoms with Crippen LogP contribution in [0.25, 0.3) is 10.9 Å². The third-order valence-electron chi connectivity index (χ3n) is 4.98. The van der Waals surface area contributed by atoms with Crippen LogP contribution in [0.3, 0.4) is 0 Å². The molecule has 0 unspecified atom stereocenters. The summed E-state index contributed by atoms with van der Waals surface area (Å²) >= 11 is 0. The van der Waals surface area contributed by atoms with Crippen molar-refractivity contribution in [2.75, 3.05) is 17.6 Å². The quantitative estimate of drug-likeness (QED) is 0.448. The lowest BCUT2D eigenvalue weighted by Gasteiger charge is -2.16. The van der Waals surface area contributed by atoms with Crippen LogP contribution in [0.5, 0.6) is 5.88 Å². The number of H-pyrrole nitrogens is 1. The highest BCUT2D eigenvalue weighted by molar-refractivity contribution is 7.92. The zero-order valence-corrected chi connectivity index (χ0v) is 17.7. The lowest BCUT2D eigenvalue weighted by Crippen LogP contribution is -2.24. The molecule has 158 valence electrons. The Morgan fingerprint density at radius 2 is 1.71 bits per heavy atom. The van der Waals surface area contributed by atoms with E-state index < -0.39 is 15.8 Å². The number of sulfonamides is 1. The molecule has 0 fully saturated rings. The number of hydrogen-bond donors (Lipinski definition) is 2. The number of aliphatic imine (C=N–C) groups is 1. The molecule has 3 aromatic carbocycles. The molecule has 0 saturated heterocycles. The number of aromatic hydroxyl groups is 1. The van der Waals surface area contributed by atoms with Crippen molar-refractivity contribution in [3.63, 3.8) is 0 Å². The van der Waals surface area contributed by atoms with Crippen molar-refractivity contribution < 1.29 is 17.9 Å². The van der Waals surface area contributed by atoms with Gasteiger partial charge in [0, 0.05) is 18.0 Å². The molecule has 1 heterocycles. The number of aromatic nitrogens is 1. The first-order valence-electron chi connectivity index (χ1n) is 9.42. The lowest BCUT2D eigenvalue weighted by atomic mass is 10.0. The van der Waals surface area contributed by atoms with Crippen molar-refractivity contribution in [2.45, 2.75) is 0 Å². The summed E-state index contributed by atoms with van der Waals surface area (Å²) in [6.07, 6.45) is 1.13. The fourth-order valence-electron chi connectivity index (χ4n) is 3.31. The largest absolute Gasteiger partial charge is 0.494 e. The predicted octanol–water partition coefficient (Wildman–Crippen LogP) is 4.58. The first-order valence-corrected chi connectivity index (χ1v) is 11.3. The summed E-state index contributed by atoms with van der Waals surface area (Å²) in [6, 6.07) is 20.3. The van der Waals surface area contributed by atoms with Crippen LogP contribution in [-0.2, 0) is 10.0 Å². The van der Waals surface area contributed by atoms with E-state index in [-0.39, 0.29) is 5.88 Å². The standard InChI is InChI=1S/C23H20FN3O3S/c1-27(31(2,29)30)18-11-9-17(10-12-18)25-22(15-6-4-3-5-7-15)21-19-13-8-16(24)14-20(19)26-23(21)28/h3-14,26,28H,1-2H3. The maximum atomic E-state index is 13.7. The Morgan fingerprint density at radius 1 is 1.03 bits per heavy atom. The third-order valence-corrected chi connectivity index (χ3v) is 6.18. The summed E-state index contributed by atoms with van der Waals surface area (Å²) in [5.41, 5.74) is 3.26. The molecule has 0 radical (unpaired) electrons. The molecule has 0 saturated carbocycles. The van der Waals surface area contributed by atoms with Gasteiger partial charge < -0.3 is 10.1 Å². The molecule has 0 aliphatic carbocycles. The van der Waals surface area contributed by atoms with Crippen LogP contribution in [0, 0.1) is 5.82 Å². The van der Waals surface area contributed by atoms with Gasteiger partial charge in [-0.2, -0.15) is 0 Å². The summed E-state index contributed by atoms with van der Waals surface area (Å²) in [5.74, 6) is -0.527. The molecular formula is C23H20FN3O3S. The molecule has 0 aliphatic heterocycles. The van der Waals surface area contributed by atoms with Gasteiger partial charge in [-0.05, 0) is 42.5 Å². The van der Waals surface area contributed by atoms with Gasteiger partial charge in [0.15, 0.2) is 5.88 Å². The Morgan fingerprint density at radius 3 is 2.35 bits per heavy atom. The van der Waals surface area contributed by atoms with E-state index in [9.17, 15) is 17.9 Å². The van der Waals surface area contributed by atoms with Crippen molar-refractivity contribution in [1.82, 2.24) is 4.98 Å². The Bertz CT molecular complexity index is 1380. The maximum absolute atomic E-state index is 13.7. The van der Waals surface area contributed by atoms with Crippen LogP contribution < -0.4 is 4.31 Å². The summed E-state index contributed by atoms with van der Waals surface area (Å²) < 4.78 is 38.4. The summed E-state index contributed by atoms with van der Waals surface area (Å²) in [4.78, 5) is 7.55. The van der Waals surface area contributed by atoms with Crippen molar-refractivity contribution in [3.8, 4) is 5.88 Å². The number of halogens is 1. The second-order valence-corrected chi connectivity index (χ2v) is 9.13. The summed E-state index contributed by atoms with van der Waals surface area (Å²) in [6.45, 7) is 0. The molecule has 0 bridgehead atoms. The van der Waals surface area contributed by atoms with E-state index in [1.807, 2.05) is 30.3 Å². The summed E-state index contributed by atoms with van der Waals surface area (Å²) in [7, 11) is -1.90. The molecule has 0 aliphatic rings. The number of rotatable bonds is 5. The van der Waals surface area contributed by atoms with Gasteiger partial charge in [-0.1, -0.05) is 30.3 Å². The van der Waals surface area contributed by atoms with E-state index in [4.69, 9.17) is 4.99 Å². The van der Waals surface area contributed by atoms with Crippen molar-refractivity contribution in [1.29, 1.82) is 0 Å². The highest BCUT2D eigenvalue weighted by atomic mass is 32.2. The molecule has 0 atom stereocenters. The van der Waals surface area contributed by atoms with Crippen molar-refractivity contribution >= 4 is 38.0 Å². The van der Waals surface area contributed by atoms with Crippen LogP contribution in [0.4, 0.5) is 15.8 Å². The van der Waals surface area contributed by atoms with Crippen LogP contribution in [-0.4, -0.2) is 37.5 Å². The molecule has 0 amide bonds. The zero-order chi connectivity index (χ0) is 22.2. The van der Waals surface area contributed by atoms with Crippen LogP contribution in [0.2, 0.25) is 0 Å². The fourth-order valence-corrected chi connectivity index (χ4v) is 3.82. The monoisotopic (exact) mass is 437 g/mol. The number of nitrogens with zero attached hydrogens (tertiary/aromatic N) is 2. The normalized spacial score (nSPS) is 12.3. The van der Waals surface area contributed by atoms with Crippen LogP contribution in [0.15, 0.2) is 77.8 Å². The Kier molecular flexibility index (Phi) is 5.24. The number of benzene rings is 3. The van der Waals surface area contributed by atoms with Gasteiger partial charge in [0.05, 0.1) is 34.4 Å². The van der Waals surface area contributed by atoms with Gasteiger partial charge in [0.25, 0.3) is 0 Å². The minimum atomic E-state index is -3.37. The second-order valence-electron chi connectivity index (χ2n) is 7.11. The highest BCUT2D eigenvalue weighted by Gasteiger charge is 2.19. The second kappa shape index (κ2) is 7.88. The molecule has 2 N–H and O–H groups in total. The number of hydrogen-bond acceptors (Lipinski definition) is 4. The molecule has 0 spiro atoms. The molecular weight excluding hydrogens is 417 g/mol. The van der Waals surface area contributed by atoms with Gasteiger partial charge in [-0.25, -0.2) is 17.8 Å². The smallest absolute Gasteiger partial charge is 0.231 e. The SMILES string of the molecule is CN(c1ccc(N=C(c2ccccc2)c2c(O)[nH]c3cc(F)ccc23)cc1)S(C)(=O)=O. The highest BCUT2D eigenvalue weighted by Crippen LogP contribution is 2.32. The van der Waals surface area contributed by atoms with Gasteiger partial charge in [0.2, 0.25) is 10.0 Å². The first kappa shape index (κ1) is 20.6. The van der Waals surface area contributed by atoms with E-state index in [0.717, 1.165) is 11.8 Å². The summed E-state index contributed by atoms with van der Waals surface area (Å²) in [5, 5.41) is 11.2. The molecule has 1 aromatic heterocycles. The number of fused-ring (bicyclic) bond motifs is 1. The van der Waals surface area contributed by atoms with E-state index in [1.165, 1.54) is 23.5 Å². The van der Waals surface area contributed by atoms with Crippen molar-refractivity contribution in [3.05, 3.63) is 89.7 Å². The van der Waals surface area contributed by atoms with E-state index in [1.54, 1.807) is 30.3 Å². The molecule has 4 aromatic rings. The average Bonchev–Trinajstić information content (AvgIpc) is 3.06. The molecule has 4 rings (SSSR count). The number of nitrogens with one attached hydrogen (secondary N) is 1. The lowest BCUT2D eigenvalue weighted by molar-refractivity contribution is 0.457. The Hall–Kier alpha value is -3.65. The molecule has 8 heteroatoms. The van der Waals surface area contributed by atoms with Crippen LogP contribution >= 0.6 is 0 Å². The third kappa shape index (κ3) is 4.15. The Labute approximate surface area is 179 Å². The maximum Gasteiger partial charge on any atom is 0.231 e. The zero-order valence-electron chi connectivity index (χ0n) is 16.9. The average molecular weight is 437 g/mol. The van der Waals surface area contributed by atoms with E-state index in [0.29, 0.717) is 33.6 Å². The Balaban J connectivity index is 1.86. The number of anilines is 1. The minimum absolute atomic E-state index is 0.114. The predicted molar refractivity (Wildman–Crippen MR) is 121 cm³/mol. The molecule has 31 heavy (non-hydrogen) atoms. The minimum Gasteiger partial charge on any atom is -0.494 e. The molecule has 6 nitrogen and oxygen atoms in total. The van der Waals surface area contributed by atoms with E-state index in [2.05, 4.69) is 4.98 Å². The van der Waals surface area contributed by atoms with Crippen LogP contribution in [0.1, 0.15) is 11.1 Å². The van der Waals surface area contributed by atoms with E-state index >= 15 is 0 Å². The number of aromatic amines is 1. The first-order chi connectivity index (χ1) is 14.7. The van der Waals surface area contributed by atoms with Gasteiger partial charge in [-0.15, -0.1) is 0 Å². The van der Waals surface area contributed by atoms with Crippen molar-refractivity contribution in [2.24, 2.45) is 4.99 Å². The topological polar surface area (TPSA) is 85.8 Å². The van der Waals surface area contributed by atoms with Gasteiger partial charge in [0.1, 0.15) is 5.82 Å².